The van der Waals surface area contributed by atoms with E-state index in [9.17, 15) is 13.6 Å². The van der Waals surface area contributed by atoms with Crippen LogP contribution in [0.1, 0.15) is 11.1 Å². The number of carbonyl (C=O) groups is 1. The maximum Gasteiger partial charge on any atom is 0.320 e. The predicted molar refractivity (Wildman–Crippen MR) is 117 cm³/mol. The minimum absolute atomic E-state index is 0.0589. The SMILES string of the molecule is O=C(NCc1ccc(F)cc1)Nc1n[nH]c2ccc(OCc3ccc(Br)cc3F)cc12. The molecule has 0 bridgehead atoms. The Bertz CT molecular complexity index is 1230. The van der Waals surface area contributed by atoms with Crippen molar-refractivity contribution in [3.05, 3.63) is 87.9 Å². The number of rotatable bonds is 6. The van der Waals surface area contributed by atoms with E-state index in [1.54, 1.807) is 42.5 Å². The lowest BCUT2D eigenvalue weighted by atomic mass is 10.2. The summed E-state index contributed by atoms with van der Waals surface area (Å²) in [4.78, 5) is 12.2. The summed E-state index contributed by atoms with van der Waals surface area (Å²) in [6.45, 7) is 0.297. The van der Waals surface area contributed by atoms with Gasteiger partial charge in [-0.25, -0.2) is 13.6 Å². The fourth-order valence-corrected chi connectivity index (χ4v) is 3.25. The molecule has 6 nitrogen and oxygen atoms in total. The molecule has 0 radical (unpaired) electrons. The molecule has 0 aliphatic carbocycles. The third kappa shape index (κ3) is 5.18. The maximum absolute atomic E-state index is 14.0. The number of H-pyrrole nitrogens is 1. The van der Waals surface area contributed by atoms with Gasteiger partial charge in [0.25, 0.3) is 0 Å². The summed E-state index contributed by atoms with van der Waals surface area (Å²) in [6, 6.07) is 15.4. The Hall–Kier alpha value is -3.46. The first-order valence-electron chi connectivity index (χ1n) is 9.32. The predicted octanol–water partition coefficient (Wildman–Crippen LogP) is 5.50. The Labute approximate surface area is 184 Å². The summed E-state index contributed by atoms with van der Waals surface area (Å²) in [7, 11) is 0. The number of anilines is 1. The molecule has 31 heavy (non-hydrogen) atoms. The van der Waals surface area contributed by atoms with Crippen molar-refractivity contribution in [2.45, 2.75) is 13.2 Å². The van der Waals surface area contributed by atoms with E-state index in [0.717, 1.165) is 5.56 Å². The van der Waals surface area contributed by atoms with Crippen molar-refractivity contribution in [1.29, 1.82) is 0 Å². The minimum atomic E-state index is -0.457. The minimum Gasteiger partial charge on any atom is -0.489 e. The number of aromatic amines is 1. The fraction of sp³-hybridized carbons (Fsp3) is 0.0909. The molecule has 4 rings (SSSR count). The molecule has 1 heterocycles. The van der Waals surface area contributed by atoms with Crippen molar-refractivity contribution < 1.29 is 18.3 Å². The molecule has 0 saturated carbocycles. The Morgan fingerprint density at radius 1 is 1.06 bits per heavy atom. The van der Waals surface area contributed by atoms with Crippen LogP contribution >= 0.6 is 15.9 Å². The van der Waals surface area contributed by atoms with Gasteiger partial charge in [0.1, 0.15) is 24.0 Å². The van der Waals surface area contributed by atoms with E-state index in [4.69, 9.17) is 4.74 Å². The van der Waals surface area contributed by atoms with Crippen LogP contribution in [0.25, 0.3) is 10.9 Å². The summed E-state index contributed by atoms with van der Waals surface area (Å²) in [6.07, 6.45) is 0. The monoisotopic (exact) mass is 486 g/mol. The first-order valence-corrected chi connectivity index (χ1v) is 10.1. The van der Waals surface area contributed by atoms with Crippen molar-refractivity contribution in [3.63, 3.8) is 0 Å². The second kappa shape index (κ2) is 9.13. The highest BCUT2D eigenvalue weighted by Gasteiger charge is 2.11. The fourth-order valence-electron chi connectivity index (χ4n) is 2.91. The lowest BCUT2D eigenvalue weighted by Crippen LogP contribution is -2.28. The third-order valence-electron chi connectivity index (χ3n) is 4.54. The molecule has 9 heteroatoms. The number of hydrogen-bond donors (Lipinski definition) is 3. The quantitative estimate of drug-likeness (QED) is 0.336. The molecule has 0 unspecified atom stereocenters. The van der Waals surface area contributed by atoms with Gasteiger partial charge in [-0.05, 0) is 48.0 Å². The number of benzene rings is 3. The van der Waals surface area contributed by atoms with Crippen LogP contribution < -0.4 is 15.4 Å². The van der Waals surface area contributed by atoms with Crippen molar-refractivity contribution in [3.8, 4) is 5.75 Å². The zero-order chi connectivity index (χ0) is 21.8. The van der Waals surface area contributed by atoms with Crippen LogP contribution in [0.3, 0.4) is 0 Å². The molecular formula is C22H17BrF2N4O2. The molecular weight excluding hydrogens is 470 g/mol. The molecule has 0 saturated heterocycles. The van der Waals surface area contributed by atoms with E-state index in [-0.39, 0.29) is 24.8 Å². The van der Waals surface area contributed by atoms with Gasteiger partial charge < -0.3 is 10.1 Å². The second-order valence-corrected chi connectivity index (χ2v) is 7.65. The van der Waals surface area contributed by atoms with Gasteiger partial charge in [-0.1, -0.05) is 34.1 Å². The van der Waals surface area contributed by atoms with Crippen LogP contribution in [-0.4, -0.2) is 16.2 Å². The van der Waals surface area contributed by atoms with E-state index >= 15 is 0 Å². The van der Waals surface area contributed by atoms with Crippen molar-refractivity contribution in [2.24, 2.45) is 0 Å². The second-order valence-electron chi connectivity index (χ2n) is 6.74. The van der Waals surface area contributed by atoms with E-state index in [1.165, 1.54) is 18.2 Å². The van der Waals surface area contributed by atoms with Crippen molar-refractivity contribution in [2.75, 3.05) is 5.32 Å². The van der Waals surface area contributed by atoms with E-state index in [0.29, 0.717) is 32.5 Å². The van der Waals surface area contributed by atoms with Gasteiger partial charge >= 0.3 is 6.03 Å². The lowest BCUT2D eigenvalue weighted by molar-refractivity contribution is 0.251. The number of fused-ring (bicyclic) bond motifs is 1. The number of aromatic nitrogens is 2. The van der Waals surface area contributed by atoms with Crippen molar-refractivity contribution >= 4 is 38.7 Å². The largest absolute Gasteiger partial charge is 0.489 e. The van der Waals surface area contributed by atoms with Crippen LogP contribution in [0.15, 0.2) is 65.1 Å². The van der Waals surface area contributed by atoms with Crippen LogP contribution in [0.2, 0.25) is 0 Å². The number of carbonyl (C=O) groups excluding carboxylic acids is 1. The number of halogens is 3. The summed E-state index contributed by atoms with van der Waals surface area (Å²) < 4.78 is 33.3. The summed E-state index contributed by atoms with van der Waals surface area (Å²) in [5, 5.41) is 13.0. The molecule has 0 spiro atoms. The lowest BCUT2D eigenvalue weighted by Gasteiger charge is -2.09. The molecule has 3 aromatic carbocycles. The Kier molecular flexibility index (Phi) is 6.13. The molecule has 0 aliphatic heterocycles. The maximum atomic E-state index is 14.0. The molecule has 0 fully saturated rings. The van der Waals surface area contributed by atoms with Gasteiger partial charge in [0.2, 0.25) is 0 Å². The molecule has 4 aromatic rings. The smallest absolute Gasteiger partial charge is 0.320 e. The van der Waals surface area contributed by atoms with Gasteiger partial charge in [-0.3, -0.25) is 10.4 Å². The molecule has 3 N–H and O–H groups in total. The van der Waals surface area contributed by atoms with E-state index < -0.39 is 6.03 Å². The number of ether oxygens (including phenoxy) is 1. The number of amides is 2. The highest BCUT2D eigenvalue weighted by atomic mass is 79.9. The molecule has 0 aliphatic rings. The zero-order valence-corrected chi connectivity index (χ0v) is 17.7. The first kappa shape index (κ1) is 20.8. The number of nitrogens with zero attached hydrogens (tertiary/aromatic N) is 1. The number of nitrogens with one attached hydrogen (secondary N) is 3. The van der Waals surface area contributed by atoms with Gasteiger partial charge in [-0.15, -0.1) is 0 Å². The summed E-state index contributed by atoms with van der Waals surface area (Å²) in [5.74, 6) is 0.133. The highest BCUT2D eigenvalue weighted by molar-refractivity contribution is 9.10. The van der Waals surface area contributed by atoms with Gasteiger partial charge in [0, 0.05) is 22.0 Å². The molecule has 2 amide bonds. The standard InChI is InChI=1S/C22H17BrF2N4O2/c23-15-4-3-14(19(25)9-15)12-31-17-7-8-20-18(10-17)21(29-28-20)27-22(30)26-11-13-1-5-16(24)6-2-13/h1-10H,11-12H2,(H3,26,27,28,29,30). The number of urea groups is 1. The van der Waals surface area contributed by atoms with Crippen LogP contribution in [-0.2, 0) is 13.2 Å². The Morgan fingerprint density at radius 2 is 1.87 bits per heavy atom. The van der Waals surface area contributed by atoms with E-state index in [1.807, 2.05) is 0 Å². The third-order valence-corrected chi connectivity index (χ3v) is 5.04. The zero-order valence-electron chi connectivity index (χ0n) is 16.1. The highest BCUT2D eigenvalue weighted by Crippen LogP contribution is 2.26. The number of hydrogen-bond acceptors (Lipinski definition) is 3. The average molecular weight is 487 g/mol. The van der Waals surface area contributed by atoms with Gasteiger partial charge in [0.05, 0.1) is 5.52 Å². The van der Waals surface area contributed by atoms with Gasteiger partial charge in [-0.2, -0.15) is 5.10 Å². The molecule has 158 valence electrons. The molecule has 1 aromatic heterocycles. The van der Waals surface area contributed by atoms with Crippen LogP contribution in [0.5, 0.6) is 5.75 Å². The first-order chi connectivity index (χ1) is 15.0. The van der Waals surface area contributed by atoms with Crippen LogP contribution in [0.4, 0.5) is 19.4 Å². The van der Waals surface area contributed by atoms with Crippen molar-refractivity contribution in [1.82, 2.24) is 15.5 Å². The molecule has 0 atom stereocenters. The van der Waals surface area contributed by atoms with Gasteiger partial charge in [0.15, 0.2) is 5.82 Å². The normalized spacial score (nSPS) is 10.8. The summed E-state index contributed by atoms with van der Waals surface area (Å²) in [5.41, 5.74) is 1.89. The topological polar surface area (TPSA) is 79.0 Å². The Morgan fingerprint density at radius 3 is 2.65 bits per heavy atom. The Balaban J connectivity index is 1.41. The average Bonchev–Trinajstić information content (AvgIpc) is 3.15. The summed E-state index contributed by atoms with van der Waals surface area (Å²) >= 11 is 3.22. The van der Waals surface area contributed by atoms with Crippen LogP contribution in [0, 0.1) is 11.6 Å². The van der Waals surface area contributed by atoms with E-state index in [2.05, 4.69) is 36.8 Å².